The normalized spacial score (nSPS) is 18.3. The summed E-state index contributed by atoms with van der Waals surface area (Å²) in [5.41, 5.74) is 3.36. The number of halogens is 1. The first kappa shape index (κ1) is 13.4. The van der Waals surface area contributed by atoms with Crippen LogP contribution in [0.2, 0.25) is 0 Å². The molecule has 20 heavy (non-hydrogen) atoms. The van der Waals surface area contributed by atoms with E-state index in [9.17, 15) is 4.39 Å². The van der Waals surface area contributed by atoms with E-state index in [0.717, 1.165) is 34.2 Å². The standard InChI is InChI=1S/C15H14FNO2S/c16-11-2-5-13(6-3-11)20-15-8-7-14(19-15)10-1-4-12(9-10)17-18/h2-3,5-9,12,17-18H,1,4H2. The number of furan rings is 1. The Morgan fingerprint density at radius 1 is 1.20 bits per heavy atom. The second-order valence-corrected chi connectivity index (χ2v) is 5.72. The van der Waals surface area contributed by atoms with Crippen LogP contribution in [0.15, 0.2) is 56.9 Å². The fourth-order valence-electron chi connectivity index (χ4n) is 2.19. The number of allylic oxidation sites excluding steroid dienone is 1. The summed E-state index contributed by atoms with van der Waals surface area (Å²) >= 11 is 1.46. The Kier molecular flexibility index (Phi) is 3.91. The molecule has 1 aromatic carbocycles. The fraction of sp³-hybridized carbons (Fsp3) is 0.200. The zero-order valence-electron chi connectivity index (χ0n) is 10.7. The summed E-state index contributed by atoms with van der Waals surface area (Å²) in [4.78, 5) is 0.933. The van der Waals surface area contributed by atoms with Gasteiger partial charge in [-0.2, -0.15) is 5.48 Å². The molecule has 0 saturated heterocycles. The van der Waals surface area contributed by atoms with Crippen molar-refractivity contribution in [1.29, 1.82) is 0 Å². The first-order chi connectivity index (χ1) is 9.74. The van der Waals surface area contributed by atoms with Crippen molar-refractivity contribution in [3.05, 3.63) is 54.1 Å². The first-order valence-corrected chi connectivity index (χ1v) is 7.20. The zero-order valence-corrected chi connectivity index (χ0v) is 11.5. The van der Waals surface area contributed by atoms with Gasteiger partial charge in [0.05, 0.1) is 6.04 Å². The molecule has 0 spiro atoms. The van der Waals surface area contributed by atoms with E-state index in [4.69, 9.17) is 9.62 Å². The van der Waals surface area contributed by atoms with E-state index in [2.05, 4.69) is 5.48 Å². The van der Waals surface area contributed by atoms with Gasteiger partial charge in [0.15, 0.2) is 5.09 Å². The Balaban J connectivity index is 1.72. The molecule has 3 nitrogen and oxygen atoms in total. The maximum absolute atomic E-state index is 12.8. The number of hydrogen-bond acceptors (Lipinski definition) is 4. The van der Waals surface area contributed by atoms with E-state index in [-0.39, 0.29) is 11.9 Å². The minimum atomic E-state index is -0.242. The zero-order chi connectivity index (χ0) is 13.9. The molecule has 0 bridgehead atoms. The highest BCUT2D eigenvalue weighted by molar-refractivity contribution is 7.99. The highest BCUT2D eigenvalue weighted by atomic mass is 32.2. The van der Waals surface area contributed by atoms with Gasteiger partial charge in [0.25, 0.3) is 0 Å². The average Bonchev–Trinajstić information content (AvgIpc) is 3.10. The molecule has 0 amide bonds. The largest absolute Gasteiger partial charge is 0.450 e. The van der Waals surface area contributed by atoms with Crippen molar-refractivity contribution in [2.24, 2.45) is 0 Å². The summed E-state index contributed by atoms with van der Waals surface area (Å²) in [6.45, 7) is 0. The van der Waals surface area contributed by atoms with Crippen molar-refractivity contribution in [3.8, 4) is 0 Å². The summed E-state index contributed by atoms with van der Waals surface area (Å²) in [5.74, 6) is 0.584. The van der Waals surface area contributed by atoms with E-state index < -0.39 is 0 Å². The number of hydrogen-bond donors (Lipinski definition) is 2. The summed E-state index contributed by atoms with van der Waals surface area (Å²) in [7, 11) is 0. The lowest BCUT2D eigenvalue weighted by Crippen LogP contribution is -2.20. The van der Waals surface area contributed by atoms with E-state index in [1.54, 1.807) is 12.1 Å². The molecule has 3 rings (SSSR count). The Morgan fingerprint density at radius 3 is 2.70 bits per heavy atom. The lowest BCUT2D eigenvalue weighted by molar-refractivity contribution is 0.143. The SMILES string of the molecule is ONC1C=C(c2ccc(Sc3ccc(F)cc3)o2)CC1. The van der Waals surface area contributed by atoms with Crippen LogP contribution in [0.5, 0.6) is 0 Å². The van der Waals surface area contributed by atoms with Gasteiger partial charge >= 0.3 is 0 Å². The average molecular weight is 291 g/mol. The van der Waals surface area contributed by atoms with Crippen LogP contribution < -0.4 is 5.48 Å². The van der Waals surface area contributed by atoms with E-state index in [1.165, 1.54) is 23.9 Å². The van der Waals surface area contributed by atoms with Crippen molar-refractivity contribution in [2.45, 2.75) is 28.9 Å². The molecule has 0 saturated carbocycles. The molecular weight excluding hydrogens is 277 g/mol. The molecule has 0 fully saturated rings. The van der Waals surface area contributed by atoms with Gasteiger partial charge in [0, 0.05) is 4.90 Å². The van der Waals surface area contributed by atoms with Crippen molar-refractivity contribution < 1.29 is 14.0 Å². The summed E-state index contributed by atoms with van der Waals surface area (Å²) in [5, 5.41) is 9.66. The summed E-state index contributed by atoms with van der Waals surface area (Å²) in [6, 6.07) is 10.2. The highest BCUT2D eigenvalue weighted by Crippen LogP contribution is 2.34. The van der Waals surface area contributed by atoms with Crippen LogP contribution in [-0.2, 0) is 0 Å². The lowest BCUT2D eigenvalue weighted by Gasteiger charge is -1.99. The Bertz CT molecular complexity index is 621. The third kappa shape index (κ3) is 2.95. The van der Waals surface area contributed by atoms with Crippen LogP contribution in [0, 0.1) is 5.82 Å². The second-order valence-electron chi connectivity index (χ2n) is 4.64. The summed E-state index contributed by atoms with van der Waals surface area (Å²) in [6.07, 6.45) is 3.73. The number of hydroxylamine groups is 1. The monoisotopic (exact) mass is 291 g/mol. The van der Waals surface area contributed by atoms with Gasteiger partial charge in [0.2, 0.25) is 0 Å². The molecule has 1 aliphatic carbocycles. The molecule has 1 unspecified atom stereocenters. The van der Waals surface area contributed by atoms with Crippen molar-refractivity contribution in [1.82, 2.24) is 5.48 Å². The highest BCUT2D eigenvalue weighted by Gasteiger charge is 2.18. The third-order valence-electron chi connectivity index (χ3n) is 3.22. The lowest BCUT2D eigenvalue weighted by atomic mass is 10.2. The smallest absolute Gasteiger partial charge is 0.165 e. The van der Waals surface area contributed by atoms with Gasteiger partial charge in [-0.25, -0.2) is 4.39 Å². The molecule has 0 radical (unpaired) electrons. The van der Waals surface area contributed by atoms with Crippen LogP contribution in [0.1, 0.15) is 18.6 Å². The van der Waals surface area contributed by atoms with Gasteiger partial charge in [0.1, 0.15) is 11.6 Å². The molecule has 0 aliphatic heterocycles. The summed E-state index contributed by atoms with van der Waals surface area (Å²) < 4.78 is 18.6. The van der Waals surface area contributed by atoms with Gasteiger partial charge in [-0.05, 0) is 54.8 Å². The Morgan fingerprint density at radius 2 is 2.00 bits per heavy atom. The molecular formula is C15H14FNO2S. The first-order valence-electron chi connectivity index (χ1n) is 6.38. The third-order valence-corrected chi connectivity index (χ3v) is 4.15. The number of rotatable bonds is 4. The van der Waals surface area contributed by atoms with Gasteiger partial charge in [-0.3, -0.25) is 0 Å². The molecule has 5 heteroatoms. The molecule has 1 aromatic heterocycles. The molecule has 2 N–H and O–H groups in total. The van der Waals surface area contributed by atoms with Crippen LogP contribution >= 0.6 is 11.8 Å². The minimum absolute atomic E-state index is 0.00306. The molecule has 1 aliphatic rings. The van der Waals surface area contributed by atoms with Gasteiger partial charge in [-0.15, -0.1) is 0 Å². The van der Waals surface area contributed by atoms with Crippen LogP contribution in [-0.4, -0.2) is 11.2 Å². The predicted molar refractivity (Wildman–Crippen MR) is 75.2 cm³/mol. The fourth-order valence-corrected chi connectivity index (χ4v) is 2.97. The minimum Gasteiger partial charge on any atom is -0.450 e. The maximum atomic E-state index is 12.8. The number of nitrogens with one attached hydrogen (secondary N) is 1. The van der Waals surface area contributed by atoms with E-state index >= 15 is 0 Å². The quantitative estimate of drug-likeness (QED) is 0.833. The Hall–Kier alpha value is -1.56. The van der Waals surface area contributed by atoms with Crippen molar-refractivity contribution >= 4 is 17.3 Å². The van der Waals surface area contributed by atoms with Crippen molar-refractivity contribution in [3.63, 3.8) is 0 Å². The van der Waals surface area contributed by atoms with E-state index in [0.29, 0.717) is 0 Å². The van der Waals surface area contributed by atoms with Crippen LogP contribution in [0.4, 0.5) is 4.39 Å². The van der Waals surface area contributed by atoms with Crippen LogP contribution in [0.25, 0.3) is 5.57 Å². The topological polar surface area (TPSA) is 45.4 Å². The second kappa shape index (κ2) is 5.83. The van der Waals surface area contributed by atoms with Crippen LogP contribution in [0.3, 0.4) is 0 Å². The molecule has 104 valence electrons. The number of benzene rings is 1. The van der Waals surface area contributed by atoms with Crippen molar-refractivity contribution in [2.75, 3.05) is 0 Å². The molecule has 1 heterocycles. The van der Waals surface area contributed by atoms with E-state index in [1.807, 2.05) is 18.2 Å². The maximum Gasteiger partial charge on any atom is 0.165 e. The molecule has 2 aromatic rings. The van der Waals surface area contributed by atoms with Gasteiger partial charge in [-0.1, -0.05) is 17.8 Å². The Labute approximate surface area is 120 Å². The molecule has 1 atom stereocenters. The predicted octanol–water partition coefficient (Wildman–Crippen LogP) is 4.09. The van der Waals surface area contributed by atoms with Gasteiger partial charge < -0.3 is 9.62 Å².